The predicted octanol–water partition coefficient (Wildman–Crippen LogP) is 4.42. The van der Waals surface area contributed by atoms with E-state index >= 15 is 0 Å². The fraction of sp³-hybridized carbons (Fsp3) is 0.125. The molecule has 0 spiro atoms. The van der Waals surface area contributed by atoms with Crippen molar-refractivity contribution in [3.8, 4) is 40.3 Å². The molecule has 0 saturated carbocycles. The number of para-hydroxylation sites is 1. The first-order chi connectivity index (χ1) is 17.0. The molecule has 11 heteroatoms. The Morgan fingerprint density at radius 1 is 1.14 bits per heavy atom. The molecule has 0 radical (unpaired) electrons. The highest BCUT2D eigenvalue weighted by Crippen LogP contribution is 2.37. The van der Waals surface area contributed by atoms with Gasteiger partial charge in [-0.3, -0.25) is 9.59 Å². The van der Waals surface area contributed by atoms with Crippen LogP contribution in [0.5, 0.6) is 17.2 Å². The summed E-state index contributed by atoms with van der Waals surface area (Å²) >= 11 is 7.57. The molecule has 2 aromatic heterocycles. The summed E-state index contributed by atoms with van der Waals surface area (Å²) in [4.78, 5) is 32.0. The second kappa shape index (κ2) is 10.5. The van der Waals surface area contributed by atoms with Crippen LogP contribution in [-0.4, -0.2) is 32.6 Å². The van der Waals surface area contributed by atoms with E-state index in [-0.39, 0.29) is 27.8 Å². The van der Waals surface area contributed by atoms with E-state index in [1.165, 1.54) is 22.6 Å². The number of aromatic nitrogens is 4. The van der Waals surface area contributed by atoms with Crippen molar-refractivity contribution in [3.05, 3.63) is 86.0 Å². The predicted molar refractivity (Wildman–Crippen MR) is 133 cm³/mol. The van der Waals surface area contributed by atoms with Crippen LogP contribution in [0, 0.1) is 11.3 Å². The standard InChI is InChI=1S/C24H18ClN5O4S/c1-3-33-18-11-14(21-16(12-26)22(31)29-24(28-21)35-2)9-10-17(18)34-19-13-27-30(23(32)20(19)25)15-7-5-4-6-8-15/h4-11,13H,3H2,1-2H3,(H,28,29,31). The van der Waals surface area contributed by atoms with Gasteiger partial charge in [-0.2, -0.15) is 15.0 Å². The molecule has 0 aliphatic carbocycles. The number of hydrogen-bond donors (Lipinski definition) is 1. The van der Waals surface area contributed by atoms with Crippen LogP contribution < -0.4 is 20.6 Å². The zero-order valence-corrected chi connectivity index (χ0v) is 20.2. The van der Waals surface area contributed by atoms with Crippen molar-refractivity contribution in [2.24, 2.45) is 0 Å². The Morgan fingerprint density at radius 2 is 1.91 bits per heavy atom. The average molecular weight is 508 g/mol. The van der Waals surface area contributed by atoms with Crippen LogP contribution in [0.4, 0.5) is 0 Å². The van der Waals surface area contributed by atoms with Crippen molar-refractivity contribution in [1.29, 1.82) is 5.26 Å². The number of aromatic amines is 1. The summed E-state index contributed by atoms with van der Waals surface area (Å²) < 4.78 is 12.8. The lowest BCUT2D eigenvalue weighted by atomic mass is 10.1. The Kier molecular flexibility index (Phi) is 7.19. The van der Waals surface area contributed by atoms with Gasteiger partial charge in [0.15, 0.2) is 27.4 Å². The zero-order chi connectivity index (χ0) is 24.9. The fourth-order valence-electron chi connectivity index (χ4n) is 3.23. The number of rotatable bonds is 7. The molecular formula is C24H18ClN5O4S. The minimum atomic E-state index is -0.541. The lowest BCUT2D eigenvalue weighted by molar-refractivity contribution is 0.321. The molecule has 0 saturated heterocycles. The van der Waals surface area contributed by atoms with Gasteiger partial charge in [0, 0.05) is 5.56 Å². The van der Waals surface area contributed by atoms with Crippen LogP contribution in [-0.2, 0) is 0 Å². The van der Waals surface area contributed by atoms with Gasteiger partial charge in [0.1, 0.15) is 11.6 Å². The summed E-state index contributed by atoms with van der Waals surface area (Å²) in [6, 6.07) is 15.6. The third kappa shape index (κ3) is 4.91. The summed E-state index contributed by atoms with van der Waals surface area (Å²) in [6.07, 6.45) is 3.11. The first-order valence-corrected chi connectivity index (χ1v) is 11.9. The molecule has 1 N–H and O–H groups in total. The van der Waals surface area contributed by atoms with Gasteiger partial charge in [0.05, 0.1) is 24.2 Å². The number of halogens is 1. The van der Waals surface area contributed by atoms with Crippen LogP contribution in [0.25, 0.3) is 16.9 Å². The van der Waals surface area contributed by atoms with Crippen molar-refractivity contribution >= 4 is 23.4 Å². The maximum absolute atomic E-state index is 12.8. The third-order valence-corrected chi connectivity index (χ3v) is 5.76. The number of benzene rings is 2. The molecule has 0 amide bonds. The van der Waals surface area contributed by atoms with Gasteiger partial charge in [-0.15, -0.1) is 0 Å². The SMILES string of the molecule is CCOc1cc(-c2nc(SC)[nH]c(=O)c2C#N)ccc1Oc1cnn(-c2ccccc2)c(=O)c1Cl. The van der Waals surface area contributed by atoms with Crippen LogP contribution in [0.15, 0.2) is 69.5 Å². The van der Waals surface area contributed by atoms with Crippen molar-refractivity contribution in [2.45, 2.75) is 12.1 Å². The number of nitrogens with zero attached hydrogens (tertiary/aromatic N) is 4. The molecule has 176 valence electrons. The van der Waals surface area contributed by atoms with Crippen molar-refractivity contribution < 1.29 is 9.47 Å². The lowest BCUT2D eigenvalue weighted by Gasteiger charge is -2.14. The van der Waals surface area contributed by atoms with E-state index in [4.69, 9.17) is 21.1 Å². The molecule has 0 fully saturated rings. The summed E-state index contributed by atoms with van der Waals surface area (Å²) in [7, 11) is 0. The molecule has 0 unspecified atom stereocenters. The highest BCUT2D eigenvalue weighted by Gasteiger charge is 2.18. The van der Waals surface area contributed by atoms with Gasteiger partial charge >= 0.3 is 0 Å². The van der Waals surface area contributed by atoms with Gasteiger partial charge in [-0.05, 0) is 43.5 Å². The number of nitriles is 1. The summed E-state index contributed by atoms with van der Waals surface area (Å²) in [6.45, 7) is 2.11. The molecule has 0 atom stereocenters. The Hall–Kier alpha value is -4.07. The van der Waals surface area contributed by atoms with E-state index in [2.05, 4.69) is 15.1 Å². The van der Waals surface area contributed by atoms with Gasteiger partial charge in [0.2, 0.25) is 0 Å². The van der Waals surface area contributed by atoms with E-state index in [0.29, 0.717) is 28.8 Å². The van der Waals surface area contributed by atoms with Crippen LogP contribution >= 0.6 is 23.4 Å². The van der Waals surface area contributed by atoms with Gasteiger partial charge in [0.25, 0.3) is 11.1 Å². The van der Waals surface area contributed by atoms with E-state index in [1.54, 1.807) is 55.6 Å². The van der Waals surface area contributed by atoms with E-state index in [1.807, 2.05) is 12.1 Å². The Balaban J connectivity index is 1.75. The van der Waals surface area contributed by atoms with E-state index < -0.39 is 11.1 Å². The van der Waals surface area contributed by atoms with E-state index in [9.17, 15) is 14.9 Å². The second-order valence-corrected chi connectivity index (χ2v) is 8.16. The molecule has 2 heterocycles. The normalized spacial score (nSPS) is 10.6. The number of H-pyrrole nitrogens is 1. The number of hydrogen-bond acceptors (Lipinski definition) is 8. The second-order valence-electron chi connectivity index (χ2n) is 6.98. The molecule has 35 heavy (non-hydrogen) atoms. The highest BCUT2D eigenvalue weighted by molar-refractivity contribution is 7.98. The summed E-state index contributed by atoms with van der Waals surface area (Å²) in [5, 5.41) is 13.9. The minimum absolute atomic E-state index is 0.0502. The maximum Gasteiger partial charge on any atom is 0.294 e. The number of ether oxygens (including phenoxy) is 2. The van der Waals surface area contributed by atoms with E-state index in [0.717, 1.165) is 0 Å². The monoisotopic (exact) mass is 507 g/mol. The molecule has 0 aliphatic heterocycles. The molecule has 4 aromatic rings. The Labute approximate surface area is 208 Å². The molecule has 4 rings (SSSR count). The van der Waals surface area contributed by atoms with Crippen molar-refractivity contribution in [3.63, 3.8) is 0 Å². The largest absolute Gasteiger partial charge is 0.490 e. The maximum atomic E-state index is 12.8. The smallest absolute Gasteiger partial charge is 0.294 e. The first-order valence-electron chi connectivity index (χ1n) is 10.3. The van der Waals surface area contributed by atoms with Gasteiger partial charge in [-0.25, -0.2) is 4.98 Å². The van der Waals surface area contributed by atoms with Crippen LogP contribution in [0.1, 0.15) is 12.5 Å². The van der Waals surface area contributed by atoms with Crippen LogP contribution in [0.2, 0.25) is 5.02 Å². The quantitative estimate of drug-likeness (QED) is 0.288. The molecule has 0 aliphatic rings. The first kappa shape index (κ1) is 24.1. The number of nitrogens with one attached hydrogen (secondary N) is 1. The van der Waals surface area contributed by atoms with Crippen molar-refractivity contribution in [1.82, 2.24) is 19.7 Å². The summed E-state index contributed by atoms with van der Waals surface area (Å²) in [5.74, 6) is 0.629. The Morgan fingerprint density at radius 3 is 2.60 bits per heavy atom. The van der Waals surface area contributed by atoms with Crippen LogP contribution in [0.3, 0.4) is 0 Å². The average Bonchev–Trinajstić information content (AvgIpc) is 2.88. The zero-order valence-electron chi connectivity index (χ0n) is 18.6. The molecule has 9 nitrogen and oxygen atoms in total. The molecular weight excluding hydrogens is 490 g/mol. The molecule has 0 bridgehead atoms. The minimum Gasteiger partial charge on any atom is -0.490 e. The third-order valence-electron chi connectivity index (χ3n) is 4.83. The lowest BCUT2D eigenvalue weighted by Crippen LogP contribution is -2.21. The topological polar surface area (TPSA) is 123 Å². The molecule has 2 aromatic carbocycles. The summed E-state index contributed by atoms with van der Waals surface area (Å²) in [5.41, 5.74) is 0.0860. The Bertz CT molecular complexity index is 1550. The fourth-order valence-corrected chi connectivity index (χ4v) is 3.77. The number of thioether (sulfide) groups is 1. The van der Waals surface area contributed by atoms with Gasteiger partial charge < -0.3 is 14.5 Å². The highest BCUT2D eigenvalue weighted by atomic mass is 35.5. The van der Waals surface area contributed by atoms with Gasteiger partial charge in [-0.1, -0.05) is 41.6 Å². The van der Waals surface area contributed by atoms with Crippen molar-refractivity contribution in [2.75, 3.05) is 12.9 Å².